The van der Waals surface area contributed by atoms with E-state index >= 15 is 0 Å². The van der Waals surface area contributed by atoms with Gasteiger partial charge in [-0.25, -0.2) is 8.42 Å². The normalized spacial score (nSPS) is 16.8. The first-order chi connectivity index (χ1) is 12.3. The molecule has 0 aliphatic carbocycles. The zero-order valence-corrected chi connectivity index (χ0v) is 16.7. The van der Waals surface area contributed by atoms with Crippen molar-refractivity contribution >= 4 is 10.0 Å². The summed E-state index contributed by atoms with van der Waals surface area (Å²) in [5.41, 5.74) is 3.01. The Kier molecular flexibility index (Phi) is 5.39. The SMILES string of the molecule is COc1ccc(S(=O)(=O)N2CCC(Cn3nc(C)cc3C)CC2)cc1C. The smallest absolute Gasteiger partial charge is 0.243 e. The lowest BCUT2D eigenvalue weighted by molar-refractivity contribution is 0.246. The van der Waals surface area contributed by atoms with Crippen LogP contribution in [0.1, 0.15) is 29.8 Å². The summed E-state index contributed by atoms with van der Waals surface area (Å²) >= 11 is 0. The minimum atomic E-state index is -3.45. The molecule has 1 saturated heterocycles. The van der Waals surface area contributed by atoms with E-state index in [0.29, 0.717) is 29.7 Å². The molecular formula is C19H27N3O3S. The van der Waals surface area contributed by atoms with E-state index in [0.717, 1.165) is 36.3 Å². The van der Waals surface area contributed by atoms with Gasteiger partial charge in [-0.15, -0.1) is 0 Å². The van der Waals surface area contributed by atoms with Crippen LogP contribution in [0.3, 0.4) is 0 Å². The van der Waals surface area contributed by atoms with Gasteiger partial charge >= 0.3 is 0 Å². The molecule has 1 aromatic heterocycles. The zero-order chi connectivity index (χ0) is 18.9. The molecule has 1 aliphatic heterocycles. The van der Waals surface area contributed by atoms with Gasteiger partial charge in [-0.1, -0.05) is 0 Å². The molecule has 0 saturated carbocycles. The highest BCUT2D eigenvalue weighted by Crippen LogP contribution is 2.27. The molecule has 1 aromatic carbocycles. The minimum absolute atomic E-state index is 0.341. The van der Waals surface area contributed by atoms with Crippen LogP contribution in [0.5, 0.6) is 5.75 Å². The summed E-state index contributed by atoms with van der Waals surface area (Å²) in [6.07, 6.45) is 1.71. The van der Waals surface area contributed by atoms with Gasteiger partial charge in [0.05, 0.1) is 17.7 Å². The van der Waals surface area contributed by atoms with Crippen LogP contribution >= 0.6 is 0 Å². The Morgan fingerprint density at radius 3 is 2.38 bits per heavy atom. The Morgan fingerprint density at radius 1 is 1.15 bits per heavy atom. The van der Waals surface area contributed by atoms with Crippen LogP contribution in [0.25, 0.3) is 0 Å². The third-order valence-corrected chi connectivity index (χ3v) is 7.01. The first-order valence-electron chi connectivity index (χ1n) is 8.97. The number of aryl methyl sites for hydroxylation is 3. The lowest BCUT2D eigenvalue weighted by atomic mass is 9.98. The third-order valence-electron chi connectivity index (χ3n) is 5.11. The van der Waals surface area contributed by atoms with E-state index in [-0.39, 0.29) is 0 Å². The first-order valence-corrected chi connectivity index (χ1v) is 10.4. The van der Waals surface area contributed by atoms with Crippen molar-refractivity contribution in [2.75, 3.05) is 20.2 Å². The van der Waals surface area contributed by atoms with Crippen LogP contribution in [0.2, 0.25) is 0 Å². The average molecular weight is 378 g/mol. The number of aromatic nitrogens is 2. The molecule has 0 spiro atoms. The lowest BCUT2D eigenvalue weighted by Crippen LogP contribution is -2.39. The Hall–Kier alpha value is -1.86. The van der Waals surface area contributed by atoms with E-state index in [2.05, 4.69) is 18.1 Å². The summed E-state index contributed by atoms with van der Waals surface area (Å²) in [5.74, 6) is 1.16. The molecule has 6 nitrogen and oxygen atoms in total. The van der Waals surface area contributed by atoms with Crippen LogP contribution in [0.15, 0.2) is 29.2 Å². The molecule has 0 radical (unpaired) electrons. The molecule has 2 heterocycles. The summed E-state index contributed by atoms with van der Waals surface area (Å²) in [6.45, 7) is 7.88. The van der Waals surface area contributed by atoms with Crippen molar-refractivity contribution in [2.45, 2.75) is 45.1 Å². The fourth-order valence-electron chi connectivity index (χ4n) is 3.60. The van der Waals surface area contributed by atoms with E-state index < -0.39 is 10.0 Å². The second-order valence-corrected chi connectivity index (χ2v) is 9.03. The maximum atomic E-state index is 12.9. The van der Waals surface area contributed by atoms with E-state index in [4.69, 9.17) is 4.74 Å². The van der Waals surface area contributed by atoms with E-state index in [1.54, 1.807) is 29.6 Å². The van der Waals surface area contributed by atoms with Gasteiger partial charge in [0, 0.05) is 25.3 Å². The second kappa shape index (κ2) is 7.40. The molecule has 142 valence electrons. The monoisotopic (exact) mass is 377 g/mol. The third kappa shape index (κ3) is 3.78. The molecule has 2 aromatic rings. The number of hydrogen-bond acceptors (Lipinski definition) is 4. The maximum absolute atomic E-state index is 12.9. The Morgan fingerprint density at radius 2 is 1.85 bits per heavy atom. The highest BCUT2D eigenvalue weighted by molar-refractivity contribution is 7.89. The fourth-order valence-corrected chi connectivity index (χ4v) is 5.15. The molecule has 3 rings (SSSR count). The number of sulfonamides is 1. The zero-order valence-electron chi connectivity index (χ0n) is 15.9. The van der Waals surface area contributed by atoms with Crippen LogP contribution < -0.4 is 4.74 Å². The van der Waals surface area contributed by atoms with Gasteiger partial charge in [0.1, 0.15) is 5.75 Å². The predicted molar refractivity (Wildman–Crippen MR) is 101 cm³/mol. The van der Waals surface area contributed by atoms with E-state index in [1.165, 1.54) is 0 Å². The van der Waals surface area contributed by atoms with Crippen LogP contribution in [0, 0.1) is 26.7 Å². The largest absolute Gasteiger partial charge is 0.496 e. The summed E-state index contributed by atoms with van der Waals surface area (Å²) < 4.78 is 34.7. The average Bonchev–Trinajstić information content (AvgIpc) is 2.92. The number of nitrogens with zero attached hydrogens (tertiary/aromatic N) is 3. The van der Waals surface area contributed by atoms with Crippen molar-refractivity contribution in [2.24, 2.45) is 5.92 Å². The van der Waals surface area contributed by atoms with Crippen LogP contribution in [0.4, 0.5) is 0 Å². The van der Waals surface area contributed by atoms with Crippen LogP contribution in [-0.2, 0) is 16.6 Å². The summed E-state index contributed by atoms with van der Waals surface area (Å²) in [5, 5.41) is 4.52. The van der Waals surface area contributed by atoms with Crippen molar-refractivity contribution in [3.63, 3.8) is 0 Å². The second-order valence-electron chi connectivity index (χ2n) is 7.09. The summed E-state index contributed by atoms with van der Waals surface area (Å²) in [6, 6.07) is 7.11. The fraction of sp³-hybridized carbons (Fsp3) is 0.526. The highest BCUT2D eigenvalue weighted by atomic mass is 32.2. The molecule has 0 amide bonds. The van der Waals surface area contributed by atoms with Crippen molar-refractivity contribution < 1.29 is 13.2 Å². The van der Waals surface area contributed by atoms with Crippen molar-refractivity contribution in [3.05, 3.63) is 41.2 Å². The van der Waals surface area contributed by atoms with Crippen LogP contribution in [-0.4, -0.2) is 42.7 Å². The van der Waals surface area contributed by atoms with Gasteiger partial charge in [-0.2, -0.15) is 9.40 Å². The number of piperidine rings is 1. The topological polar surface area (TPSA) is 64.4 Å². The Bertz CT molecular complexity index is 881. The molecule has 1 aliphatic rings. The number of ether oxygens (including phenoxy) is 1. The van der Waals surface area contributed by atoms with Crippen molar-refractivity contribution in [3.8, 4) is 5.75 Å². The number of benzene rings is 1. The van der Waals surface area contributed by atoms with Gasteiger partial charge in [-0.3, -0.25) is 4.68 Å². The van der Waals surface area contributed by atoms with Crippen molar-refractivity contribution in [1.82, 2.24) is 14.1 Å². The Labute approximate surface area is 155 Å². The quantitative estimate of drug-likeness (QED) is 0.804. The van der Waals surface area contributed by atoms with E-state index in [1.807, 2.05) is 18.5 Å². The molecule has 0 unspecified atom stereocenters. The predicted octanol–water partition coefficient (Wildman–Crippen LogP) is 2.92. The summed E-state index contributed by atoms with van der Waals surface area (Å²) in [7, 11) is -1.87. The number of hydrogen-bond donors (Lipinski definition) is 0. The molecule has 0 atom stereocenters. The number of methoxy groups -OCH3 is 1. The Balaban J connectivity index is 1.67. The molecule has 26 heavy (non-hydrogen) atoms. The standard InChI is InChI=1S/C19H27N3O3S/c1-14-11-18(5-6-19(14)25-4)26(23,24)21-9-7-17(8-10-21)13-22-16(3)12-15(2)20-22/h5-6,11-12,17H,7-10,13H2,1-4H3. The van der Waals surface area contributed by atoms with Gasteiger partial charge in [0.25, 0.3) is 0 Å². The van der Waals surface area contributed by atoms with Gasteiger partial charge in [-0.05, 0) is 69.4 Å². The number of rotatable bonds is 5. The van der Waals surface area contributed by atoms with E-state index in [9.17, 15) is 8.42 Å². The molecule has 0 bridgehead atoms. The highest BCUT2D eigenvalue weighted by Gasteiger charge is 2.30. The molecular weight excluding hydrogens is 350 g/mol. The van der Waals surface area contributed by atoms with Gasteiger partial charge in [0.15, 0.2) is 0 Å². The molecule has 0 N–H and O–H groups in total. The van der Waals surface area contributed by atoms with Gasteiger partial charge in [0.2, 0.25) is 10.0 Å². The first kappa shape index (κ1) is 18.9. The maximum Gasteiger partial charge on any atom is 0.243 e. The minimum Gasteiger partial charge on any atom is -0.496 e. The molecule has 1 fully saturated rings. The van der Waals surface area contributed by atoms with Crippen molar-refractivity contribution in [1.29, 1.82) is 0 Å². The summed E-state index contributed by atoms with van der Waals surface area (Å²) in [4.78, 5) is 0.341. The molecule has 7 heteroatoms. The van der Waals surface area contributed by atoms with Gasteiger partial charge < -0.3 is 4.74 Å². The lowest BCUT2D eigenvalue weighted by Gasteiger charge is -2.31.